The first kappa shape index (κ1) is 25.9. The third kappa shape index (κ3) is 3.96. The van der Waals surface area contributed by atoms with Crippen molar-refractivity contribution in [1.82, 2.24) is 0 Å². The Kier molecular flexibility index (Phi) is 5.58. The molecule has 0 N–H and O–H groups in total. The predicted octanol–water partition coefficient (Wildman–Crippen LogP) is 12.2. The van der Waals surface area contributed by atoms with Crippen LogP contribution in [0.5, 0.6) is 0 Å². The molecular formula is C43H31NO. The maximum atomic E-state index is 6.38. The summed E-state index contributed by atoms with van der Waals surface area (Å²) in [6, 6.07) is 54.8. The zero-order chi connectivity index (χ0) is 30.1. The van der Waals surface area contributed by atoms with Gasteiger partial charge in [-0.3, -0.25) is 0 Å². The molecule has 0 atom stereocenters. The van der Waals surface area contributed by atoms with Gasteiger partial charge in [0.25, 0.3) is 0 Å². The van der Waals surface area contributed by atoms with E-state index in [0.717, 1.165) is 39.0 Å². The van der Waals surface area contributed by atoms with Gasteiger partial charge in [-0.1, -0.05) is 117 Å². The minimum Gasteiger partial charge on any atom is -0.456 e. The number of para-hydroxylation sites is 1. The molecule has 0 amide bonds. The van der Waals surface area contributed by atoms with E-state index in [9.17, 15) is 0 Å². The van der Waals surface area contributed by atoms with Crippen LogP contribution in [-0.4, -0.2) is 0 Å². The molecule has 0 saturated heterocycles. The normalized spacial score (nSPS) is 13.3. The molecule has 214 valence electrons. The van der Waals surface area contributed by atoms with E-state index in [2.05, 4.69) is 158 Å². The molecule has 9 rings (SSSR count). The standard InChI is InChI=1S/C43H31NO/c1-43(2)39-19-7-5-16-35(39)36-23-21-31(26-40(36)43)44(32-22-24-38-37-17-6-8-20-41(37)45-42(38)27-32)30-14-9-13-29(25-30)34-18-10-12-28-11-3-4-15-33(28)34/h3-27H,1-2H3. The molecule has 0 fully saturated rings. The lowest BCUT2D eigenvalue weighted by atomic mass is 9.82. The minimum absolute atomic E-state index is 0.0961. The third-order valence-corrected chi connectivity index (χ3v) is 9.65. The molecule has 2 heteroatoms. The average molecular weight is 578 g/mol. The van der Waals surface area contributed by atoms with Crippen molar-refractivity contribution < 1.29 is 4.42 Å². The van der Waals surface area contributed by atoms with Crippen LogP contribution in [0.4, 0.5) is 17.1 Å². The SMILES string of the molecule is CC1(C)c2ccccc2-c2ccc(N(c3cccc(-c4cccc5ccccc45)c3)c3ccc4c(c3)oc3ccccc34)cc21. The smallest absolute Gasteiger partial charge is 0.137 e. The van der Waals surface area contributed by atoms with E-state index in [1.807, 2.05) is 12.1 Å². The van der Waals surface area contributed by atoms with Crippen molar-refractivity contribution in [3.05, 3.63) is 163 Å². The zero-order valence-corrected chi connectivity index (χ0v) is 25.3. The molecule has 1 heterocycles. The second-order valence-corrected chi connectivity index (χ2v) is 12.6. The summed E-state index contributed by atoms with van der Waals surface area (Å²) >= 11 is 0. The van der Waals surface area contributed by atoms with Crippen LogP contribution in [0, 0.1) is 0 Å². The van der Waals surface area contributed by atoms with Crippen molar-refractivity contribution in [1.29, 1.82) is 0 Å². The van der Waals surface area contributed by atoms with Crippen molar-refractivity contribution in [3.63, 3.8) is 0 Å². The van der Waals surface area contributed by atoms with Gasteiger partial charge in [0, 0.05) is 39.3 Å². The fourth-order valence-corrected chi connectivity index (χ4v) is 7.42. The van der Waals surface area contributed by atoms with E-state index >= 15 is 0 Å². The highest BCUT2D eigenvalue weighted by Gasteiger charge is 2.35. The molecule has 0 radical (unpaired) electrons. The summed E-state index contributed by atoms with van der Waals surface area (Å²) in [5, 5.41) is 4.77. The Morgan fingerprint density at radius 1 is 0.444 bits per heavy atom. The summed E-state index contributed by atoms with van der Waals surface area (Å²) in [5.74, 6) is 0. The van der Waals surface area contributed by atoms with Crippen LogP contribution in [0.15, 0.2) is 156 Å². The molecule has 7 aromatic carbocycles. The van der Waals surface area contributed by atoms with Crippen LogP contribution >= 0.6 is 0 Å². The average Bonchev–Trinajstić information content (AvgIpc) is 3.56. The lowest BCUT2D eigenvalue weighted by Gasteiger charge is -2.28. The first-order valence-electron chi connectivity index (χ1n) is 15.6. The maximum absolute atomic E-state index is 6.38. The van der Waals surface area contributed by atoms with Gasteiger partial charge in [-0.05, 0) is 86.6 Å². The third-order valence-electron chi connectivity index (χ3n) is 9.65. The maximum Gasteiger partial charge on any atom is 0.137 e. The predicted molar refractivity (Wildman–Crippen MR) is 189 cm³/mol. The highest BCUT2D eigenvalue weighted by molar-refractivity contribution is 6.06. The van der Waals surface area contributed by atoms with Crippen molar-refractivity contribution >= 4 is 49.8 Å². The number of furan rings is 1. The van der Waals surface area contributed by atoms with Gasteiger partial charge in [0.15, 0.2) is 0 Å². The van der Waals surface area contributed by atoms with Crippen LogP contribution in [0.3, 0.4) is 0 Å². The van der Waals surface area contributed by atoms with Gasteiger partial charge >= 0.3 is 0 Å². The monoisotopic (exact) mass is 577 g/mol. The van der Waals surface area contributed by atoms with Crippen molar-refractivity contribution in [2.24, 2.45) is 0 Å². The van der Waals surface area contributed by atoms with Gasteiger partial charge in [0.1, 0.15) is 11.2 Å². The van der Waals surface area contributed by atoms with Gasteiger partial charge in [-0.25, -0.2) is 0 Å². The second kappa shape index (κ2) is 9.70. The van der Waals surface area contributed by atoms with Crippen LogP contribution in [0.2, 0.25) is 0 Å². The van der Waals surface area contributed by atoms with Crippen LogP contribution in [-0.2, 0) is 5.41 Å². The van der Waals surface area contributed by atoms with Gasteiger partial charge in [0.2, 0.25) is 0 Å². The Labute approximate surface area is 262 Å². The molecule has 0 bridgehead atoms. The minimum atomic E-state index is -0.0961. The Morgan fingerprint density at radius 2 is 1.09 bits per heavy atom. The quantitative estimate of drug-likeness (QED) is 0.207. The number of hydrogen-bond acceptors (Lipinski definition) is 2. The molecule has 0 aliphatic heterocycles. The summed E-state index contributed by atoms with van der Waals surface area (Å²) < 4.78 is 6.38. The van der Waals surface area contributed by atoms with Gasteiger partial charge in [-0.15, -0.1) is 0 Å². The van der Waals surface area contributed by atoms with Crippen LogP contribution in [0.1, 0.15) is 25.0 Å². The van der Waals surface area contributed by atoms with Crippen molar-refractivity contribution in [3.8, 4) is 22.3 Å². The summed E-state index contributed by atoms with van der Waals surface area (Å²) in [6.45, 7) is 4.68. The van der Waals surface area contributed by atoms with Gasteiger partial charge in [0.05, 0.1) is 0 Å². The lowest BCUT2D eigenvalue weighted by molar-refractivity contribution is 0.660. The van der Waals surface area contributed by atoms with E-state index in [1.54, 1.807) is 0 Å². The Hall–Kier alpha value is -5.60. The number of fused-ring (bicyclic) bond motifs is 7. The Balaban J connectivity index is 1.26. The molecule has 0 spiro atoms. The van der Waals surface area contributed by atoms with Crippen molar-refractivity contribution in [2.45, 2.75) is 19.3 Å². The second-order valence-electron chi connectivity index (χ2n) is 12.6. The molecule has 1 aliphatic rings. The first-order chi connectivity index (χ1) is 22.1. The molecule has 0 unspecified atom stereocenters. The van der Waals surface area contributed by atoms with Crippen LogP contribution in [0.25, 0.3) is 55.0 Å². The molecule has 1 aliphatic carbocycles. The van der Waals surface area contributed by atoms with E-state index in [4.69, 9.17) is 4.42 Å². The van der Waals surface area contributed by atoms with E-state index in [0.29, 0.717) is 0 Å². The largest absolute Gasteiger partial charge is 0.456 e. The molecule has 45 heavy (non-hydrogen) atoms. The molecular weight excluding hydrogens is 546 g/mol. The number of rotatable bonds is 4. The summed E-state index contributed by atoms with van der Waals surface area (Å²) in [6.07, 6.45) is 0. The molecule has 0 saturated carbocycles. The van der Waals surface area contributed by atoms with Crippen molar-refractivity contribution in [2.75, 3.05) is 4.90 Å². The number of hydrogen-bond donors (Lipinski definition) is 0. The summed E-state index contributed by atoms with van der Waals surface area (Å²) in [4.78, 5) is 2.38. The molecule has 8 aromatic rings. The van der Waals surface area contributed by atoms with Crippen LogP contribution < -0.4 is 4.90 Å². The zero-order valence-electron chi connectivity index (χ0n) is 25.3. The summed E-state index contributed by atoms with van der Waals surface area (Å²) in [5.41, 5.74) is 12.8. The van der Waals surface area contributed by atoms with E-state index in [1.165, 1.54) is 44.2 Å². The van der Waals surface area contributed by atoms with E-state index in [-0.39, 0.29) is 5.41 Å². The fourth-order valence-electron chi connectivity index (χ4n) is 7.42. The van der Waals surface area contributed by atoms with E-state index < -0.39 is 0 Å². The number of nitrogens with zero attached hydrogens (tertiary/aromatic N) is 1. The van der Waals surface area contributed by atoms with Gasteiger partial charge in [-0.2, -0.15) is 0 Å². The molecule has 1 aromatic heterocycles. The van der Waals surface area contributed by atoms with Gasteiger partial charge < -0.3 is 9.32 Å². The molecule has 2 nitrogen and oxygen atoms in total. The first-order valence-corrected chi connectivity index (χ1v) is 15.6. The topological polar surface area (TPSA) is 16.4 Å². The lowest BCUT2D eigenvalue weighted by Crippen LogP contribution is -2.16. The Bertz CT molecular complexity index is 2420. The summed E-state index contributed by atoms with van der Waals surface area (Å²) in [7, 11) is 0. The number of anilines is 3. The highest BCUT2D eigenvalue weighted by atomic mass is 16.3. The Morgan fingerprint density at radius 3 is 2.02 bits per heavy atom. The fraction of sp³-hybridized carbons (Fsp3) is 0.0698. The number of benzene rings is 7. The highest BCUT2D eigenvalue weighted by Crippen LogP contribution is 2.51.